The van der Waals surface area contributed by atoms with Crippen molar-refractivity contribution in [3.8, 4) is 11.8 Å². The molecule has 0 fully saturated rings. The topological polar surface area (TPSA) is 26.3 Å². The van der Waals surface area contributed by atoms with Crippen LogP contribution >= 0.6 is 0 Å². The van der Waals surface area contributed by atoms with Crippen LogP contribution in [-0.4, -0.2) is 18.0 Å². The smallest absolute Gasteiger partial charge is 0.385 e. The zero-order valence-corrected chi connectivity index (χ0v) is 7.15. The number of hydrogen-bond donors (Lipinski definition) is 0. The van der Waals surface area contributed by atoms with Gasteiger partial charge >= 0.3 is 5.97 Å². The molecular weight excluding hydrogens is 166 g/mol. The van der Waals surface area contributed by atoms with Crippen molar-refractivity contribution in [2.75, 3.05) is 0 Å². The summed E-state index contributed by atoms with van der Waals surface area (Å²) >= 11 is 0. The lowest BCUT2D eigenvalue weighted by atomic mass is 10.2. The number of esters is 1. The van der Waals surface area contributed by atoms with Gasteiger partial charge in [-0.3, -0.25) is 0 Å². The average Bonchev–Trinajstić information content (AvgIpc) is 1.79. The quantitative estimate of drug-likeness (QED) is 0.318. The zero-order valence-electron chi connectivity index (χ0n) is 7.15. The molecule has 0 amide bonds. The summed E-state index contributed by atoms with van der Waals surface area (Å²) in [6.07, 6.45) is -2.79. The zero-order chi connectivity index (χ0) is 9.78. The molecule has 4 heteroatoms. The predicted octanol–water partition coefficient (Wildman–Crippen LogP) is 1.60. The van der Waals surface area contributed by atoms with Crippen molar-refractivity contribution >= 4 is 5.97 Å². The second-order valence-corrected chi connectivity index (χ2v) is 3.07. The first-order valence-corrected chi connectivity index (χ1v) is 3.34. The van der Waals surface area contributed by atoms with E-state index in [1.54, 1.807) is 26.7 Å². The van der Waals surface area contributed by atoms with Crippen LogP contribution in [0.25, 0.3) is 0 Å². The van der Waals surface area contributed by atoms with Crippen LogP contribution in [0, 0.1) is 11.8 Å². The van der Waals surface area contributed by atoms with Crippen LogP contribution in [0.1, 0.15) is 20.8 Å². The summed E-state index contributed by atoms with van der Waals surface area (Å²) in [7, 11) is 0. The molecular formula is C8H10F2O2. The minimum Gasteiger partial charge on any atom is -0.450 e. The molecule has 12 heavy (non-hydrogen) atoms. The highest BCUT2D eigenvalue weighted by Crippen LogP contribution is 2.06. The van der Waals surface area contributed by atoms with Crippen LogP contribution in [0.15, 0.2) is 0 Å². The molecule has 0 saturated carbocycles. The number of hydrogen-bond acceptors (Lipinski definition) is 2. The highest BCUT2D eigenvalue weighted by Gasteiger charge is 2.14. The summed E-state index contributed by atoms with van der Waals surface area (Å²) < 4.78 is 27.5. The van der Waals surface area contributed by atoms with Crippen molar-refractivity contribution in [2.24, 2.45) is 0 Å². The molecule has 0 N–H and O–H groups in total. The van der Waals surface area contributed by atoms with E-state index in [2.05, 4.69) is 4.74 Å². The molecule has 0 aromatic heterocycles. The summed E-state index contributed by atoms with van der Waals surface area (Å²) in [4.78, 5) is 10.6. The molecule has 0 aliphatic heterocycles. The summed E-state index contributed by atoms with van der Waals surface area (Å²) in [6.45, 7) is 4.90. The molecule has 0 heterocycles. The molecule has 68 valence electrons. The van der Waals surface area contributed by atoms with Crippen molar-refractivity contribution < 1.29 is 18.3 Å². The number of carbonyl (C=O) groups is 1. The van der Waals surface area contributed by atoms with Gasteiger partial charge in [0.15, 0.2) is 0 Å². The Morgan fingerprint density at radius 2 is 1.92 bits per heavy atom. The number of rotatable bonds is 0. The van der Waals surface area contributed by atoms with Gasteiger partial charge in [0, 0.05) is 5.92 Å². The van der Waals surface area contributed by atoms with E-state index < -0.39 is 18.0 Å². The van der Waals surface area contributed by atoms with E-state index in [1.165, 1.54) is 5.92 Å². The lowest BCUT2D eigenvalue weighted by Crippen LogP contribution is -2.22. The molecule has 0 spiro atoms. The van der Waals surface area contributed by atoms with Crippen LogP contribution in [0.4, 0.5) is 8.78 Å². The van der Waals surface area contributed by atoms with Gasteiger partial charge in [-0.05, 0) is 26.7 Å². The minimum absolute atomic E-state index is 0.687. The van der Waals surface area contributed by atoms with Gasteiger partial charge in [-0.2, -0.15) is 8.78 Å². The summed E-state index contributed by atoms with van der Waals surface area (Å²) in [5, 5.41) is 0. The van der Waals surface area contributed by atoms with Crippen molar-refractivity contribution in [1.29, 1.82) is 0 Å². The highest BCUT2D eigenvalue weighted by atomic mass is 19.3. The van der Waals surface area contributed by atoms with E-state index in [-0.39, 0.29) is 0 Å². The summed E-state index contributed by atoms with van der Waals surface area (Å²) in [5.74, 6) is 2.16. The standard InChI is InChI=1S/C8H10F2O2/c1-8(2,3)12-7(11)5-4-6(9)10/h6H,1-3H3. The molecule has 2 nitrogen and oxygen atoms in total. The Morgan fingerprint density at radius 3 is 2.25 bits per heavy atom. The van der Waals surface area contributed by atoms with E-state index in [0.29, 0.717) is 0 Å². The average molecular weight is 176 g/mol. The molecule has 0 rings (SSSR count). The molecule has 0 aliphatic carbocycles. The Morgan fingerprint density at radius 1 is 1.42 bits per heavy atom. The number of ether oxygens (including phenoxy) is 1. The van der Waals surface area contributed by atoms with E-state index >= 15 is 0 Å². The van der Waals surface area contributed by atoms with Gasteiger partial charge in [-0.25, -0.2) is 4.79 Å². The summed E-state index contributed by atoms with van der Waals surface area (Å²) in [5.41, 5.74) is -0.687. The fourth-order valence-electron chi connectivity index (χ4n) is 0.417. The fourth-order valence-corrected chi connectivity index (χ4v) is 0.417. The third-order valence-corrected chi connectivity index (χ3v) is 0.682. The lowest BCUT2D eigenvalue weighted by molar-refractivity contribution is -0.147. The van der Waals surface area contributed by atoms with Crippen LogP contribution in [0.5, 0.6) is 0 Å². The maximum absolute atomic E-state index is 11.4. The van der Waals surface area contributed by atoms with E-state index in [1.807, 2.05) is 0 Å². The van der Waals surface area contributed by atoms with Gasteiger partial charge in [-0.15, -0.1) is 0 Å². The maximum atomic E-state index is 11.4. The molecule has 0 aliphatic rings. The normalized spacial score (nSPS) is 10.5. The molecule has 0 aromatic rings. The van der Waals surface area contributed by atoms with Gasteiger partial charge in [0.25, 0.3) is 6.43 Å². The Bertz CT molecular complexity index is 217. The van der Waals surface area contributed by atoms with Crippen molar-refractivity contribution in [3.05, 3.63) is 0 Å². The second-order valence-electron chi connectivity index (χ2n) is 3.07. The van der Waals surface area contributed by atoms with Crippen molar-refractivity contribution in [2.45, 2.75) is 32.8 Å². The van der Waals surface area contributed by atoms with E-state index in [9.17, 15) is 13.6 Å². The predicted molar refractivity (Wildman–Crippen MR) is 39.6 cm³/mol. The minimum atomic E-state index is -2.79. The molecule has 0 unspecified atom stereocenters. The second kappa shape index (κ2) is 4.05. The van der Waals surface area contributed by atoms with Gasteiger partial charge < -0.3 is 4.74 Å². The van der Waals surface area contributed by atoms with Crippen LogP contribution < -0.4 is 0 Å². The Labute approximate surface area is 69.9 Å². The third kappa shape index (κ3) is 7.00. The van der Waals surface area contributed by atoms with Gasteiger partial charge in [0.05, 0.1) is 0 Å². The van der Waals surface area contributed by atoms with Crippen LogP contribution in [0.3, 0.4) is 0 Å². The Kier molecular flexibility index (Phi) is 3.68. The first kappa shape index (κ1) is 10.9. The first-order valence-electron chi connectivity index (χ1n) is 3.34. The maximum Gasteiger partial charge on any atom is 0.385 e. The summed E-state index contributed by atoms with van der Waals surface area (Å²) in [6, 6.07) is 0. The molecule has 0 atom stereocenters. The highest BCUT2D eigenvalue weighted by molar-refractivity contribution is 5.88. The lowest BCUT2D eigenvalue weighted by Gasteiger charge is -2.16. The molecule has 0 aromatic carbocycles. The third-order valence-electron chi connectivity index (χ3n) is 0.682. The van der Waals surface area contributed by atoms with E-state index in [4.69, 9.17) is 0 Å². The monoisotopic (exact) mass is 176 g/mol. The fraction of sp³-hybridized carbons (Fsp3) is 0.625. The van der Waals surface area contributed by atoms with Gasteiger partial charge in [0.2, 0.25) is 0 Å². The largest absolute Gasteiger partial charge is 0.450 e. The number of carbonyl (C=O) groups excluding carboxylic acids is 1. The van der Waals surface area contributed by atoms with Gasteiger partial charge in [-0.1, -0.05) is 0 Å². The first-order chi connectivity index (χ1) is 5.31. The number of alkyl halides is 2. The van der Waals surface area contributed by atoms with Crippen LogP contribution in [0.2, 0.25) is 0 Å². The number of halogens is 2. The Balaban J connectivity index is 4.02. The Hall–Kier alpha value is -1.11. The molecule has 0 bridgehead atoms. The molecule has 0 radical (unpaired) electrons. The van der Waals surface area contributed by atoms with Crippen LogP contribution in [-0.2, 0) is 9.53 Å². The SMILES string of the molecule is CC(C)(C)OC(=O)C#CC(F)F. The van der Waals surface area contributed by atoms with Crippen molar-refractivity contribution in [1.82, 2.24) is 0 Å². The van der Waals surface area contributed by atoms with Gasteiger partial charge in [0.1, 0.15) is 5.60 Å². The van der Waals surface area contributed by atoms with Crippen molar-refractivity contribution in [3.63, 3.8) is 0 Å². The molecule has 0 saturated heterocycles. The van der Waals surface area contributed by atoms with E-state index in [0.717, 1.165) is 0 Å².